The molecule has 2 aliphatic heterocycles. The number of halogens is 1. The van der Waals surface area contributed by atoms with E-state index in [0.717, 1.165) is 37.9 Å². The predicted octanol–water partition coefficient (Wildman–Crippen LogP) is 2.34. The summed E-state index contributed by atoms with van der Waals surface area (Å²) in [5, 5.41) is 3.68. The lowest BCUT2D eigenvalue weighted by Gasteiger charge is -2.37. The summed E-state index contributed by atoms with van der Waals surface area (Å²) in [4.78, 5) is 38.4. The number of carbonyl (C=O) groups is 2. The summed E-state index contributed by atoms with van der Waals surface area (Å²) in [7, 11) is 0. The van der Waals surface area contributed by atoms with Crippen LogP contribution in [0.2, 0.25) is 5.02 Å². The molecule has 2 aliphatic rings. The zero-order chi connectivity index (χ0) is 22.3. The lowest BCUT2D eigenvalue weighted by molar-refractivity contribution is -0.134. The van der Waals surface area contributed by atoms with Gasteiger partial charge in [-0.3, -0.25) is 9.69 Å². The highest BCUT2D eigenvalue weighted by atomic mass is 35.5. The van der Waals surface area contributed by atoms with Crippen LogP contribution in [0.1, 0.15) is 30.0 Å². The highest BCUT2D eigenvalue weighted by Gasteiger charge is 2.27. The number of nitrogens with zero attached hydrogens (tertiary/aromatic N) is 4. The molecular formula is C23H31ClN6O2. The second kappa shape index (κ2) is 10.8. The molecular weight excluding hydrogens is 428 g/mol. The van der Waals surface area contributed by atoms with Gasteiger partial charge in [-0.05, 0) is 50.0 Å². The number of aromatic amines is 1. The largest absolute Gasteiger partial charge is 0.348 e. The third-order valence-electron chi connectivity index (χ3n) is 6.40. The summed E-state index contributed by atoms with van der Waals surface area (Å²) in [5.41, 5.74) is 2.29. The third-order valence-corrected chi connectivity index (χ3v) is 6.64. The van der Waals surface area contributed by atoms with Crippen molar-refractivity contribution in [2.45, 2.75) is 25.2 Å². The number of piperazine rings is 1. The van der Waals surface area contributed by atoms with E-state index in [1.54, 1.807) is 11.2 Å². The molecule has 8 nitrogen and oxygen atoms in total. The Balaban J connectivity index is 1.13. The SMILES string of the molecule is O=C(CN1CCC(c2cnc[nH]2)CC1)N1CCN(C(=O)NCCc2cccc(Cl)c2)CC1. The molecule has 3 amide bonds. The number of carbonyl (C=O) groups excluding carboxylic acids is 2. The zero-order valence-electron chi connectivity index (χ0n) is 18.3. The number of benzene rings is 1. The van der Waals surface area contributed by atoms with Crippen LogP contribution in [0.5, 0.6) is 0 Å². The molecule has 2 saturated heterocycles. The number of likely N-dealkylation sites (tertiary alicyclic amines) is 1. The Bertz CT molecular complexity index is 890. The minimum atomic E-state index is -0.0694. The van der Waals surface area contributed by atoms with E-state index in [0.29, 0.717) is 50.2 Å². The average molecular weight is 459 g/mol. The van der Waals surface area contributed by atoms with Crippen LogP contribution in [0.4, 0.5) is 4.79 Å². The number of hydrogen-bond donors (Lipinski definition) is 2. The van der Waals surface area contributed by atoms with Crippen molar-refractivity contribution in [3.05, 3.63) is 53.1 Å². The minimum absolute atomic E-state index is 0.0694. The highest BCUT2D eigenvalue weighted by Crippen LogP contribution is 2.26. The summed E-state index contributed by atoms with van der Waals surface area (Å²) in [6.07, 6.45) is 6.45. The molecule has 0 atom stereocenters. The summed E-state index contributed by atoms with van der Waals surface area (Å²) in [6.45, 7) is 5.17. The molecule has 32 heavy (non-hydrogen) atoms. The van der Waals surface area contributed by atoms with E-state index in [1.165, 1.54) is 5.69 Å². The van der Waals surface area contributed by atoms with E-state index in [-0.39, 0.29) is 11.9 Å². The summed E-state index contributed by atoms with van der Waals surface area (Å²) in [6, 6.07) is 7.60. The molecule has 0 unspecified atom stereocenters. The average Bonchev–Trinajstić information content (AvgIpc) is 3.35. The Labute approximate surface area is 193 Å². The van der Waals surface area contributed by atoms with Crippen molar-refractivity contribution < 1.29 is 9.59 Å². The smallest absolute Gasteiger partial charge is 0.317 e. The second-order valence-corrected chi connectivity index (χ2v) is 8.97. The quantitative estimate of drug-likeness (QED) is 0.695. The molecule has 3 heterocycles. The van der Waals surface area contributed by atoms with E-state index in [2.05, 4.69) is 20.2 Å². The fourth-order valence-electron chi connectivity index (χ4n) is 4.46. The van der Waals surface area contributed by atoms with E-state index >= 15 is 0 Å². The standard InChI is InChI=1S/C23H31ClN6O2/c24-20-3-1-2-18(14-20)4-7-26-23(32)30-12-10-29(11-13-30)22(31)16-28-8-5-19(6-9-28)21-15-25-17-27-21/h1-3,14-15,17,19H,4-13,16H2,(H,25,27)(H,26,32). The van der Waals surface area contributed by atoms with Crippen LogP contribution in [0.25, 0.3) is 0 Å². The van der Waals surface area contributed by atoms with Crippen molar-refractivity contribution in [3.63, 3.8) is 0 Å². The minimum Gasteiger partial charge on any atom is -0.348 e. The number of imidazole rings is 1. The van der Waals surface area contributed by atoms with Gasteiger partial charge >= 0.3 is 6.03 Å². The van der Waals surface area contributed by atoms with Crippen molar-refractivity contribution in [1.82, 2.24) is 30.0 Å². The van der Waals surface area contributed by atoms with Crippen LogP contribution < -0.4 is 5.32 Å². The van der Waals surface area contributed by atoms with Crippen LogP contribution in [-0.2, 0) is 11.2 Å². The number of urea groups is 1. The van der Waals surface area contributed by atoms with Crippen LogP contribution in [0.3, 0.4) is 0 Å². The maximum atomic E-state index is 12.7. The van der Waals surface area contributed by atoms with Crippen molar-refractivity contribution in [2.75, 3.05) is 52.4 Å². The number of rotatable bonds is 6. The fourth-order valence-corrected chi connectivity index (χ4v) is 4.67. The molecule has 4 rings (SSSR count). The number of nitrogens with one attached hydrogen (secondary N) is 2. The number of amides is 3. The van der Waals surface area contributed by atoms with Crippen LogP contribution in [-0.4, -0.2) is 89.0 Å². The van der Waals surface area contributed by atoms with E-state index in [1.807, 2.05) is 35.4 Å². The molecule has 1 aromatic heterocycles. The lowest BCUT2D eigenvalue weighted by Crippen LogP contribution is -2.55. The van der Waals surface area contributed by atoms with Gasteiger partial charge in [0.05, 0.1) is 12.9 Å². The molecule has 2 N–H and O–H groups in total. The van der Waals surface area contributed by atoms with Crippen molar-refractivity contribution >= 4 is 23.5 Å². The van der Waals surface area contributed by atoms with E-state index < -0.39 is 0 Å². The van der Waals surface area contributed by atoms with Crippen LogP contribution >= 0.6 is 11.6 Å². The molecule has 1 aromatic carbocycles. The molecule has 9 heteroatoms. The van der Waals surface area contributed by atoms with Crippen LogP contribution in [0.15, 0.2) is 36.8 Å². The van der Waals surface area contributed by atoms with Gasteiger partial charge in [-0.1, -0.05) is 23.7 Å². The molecule has 0 saturated carbocycles. The number of aromatic nitrogens is 2. The zero-order valence-corrected chi connectivity index (χ0v) is 19.1. The van der Waals surface area contributed by atoms with Gasteiger partial charge in [-0.25, -0.2) is 9.78 Å². The maximum absolute atomic E-state index is 12.7. The number of hydrogen-bond acceptors (Lipinski definition) is 4. The van der Waals surface area contributed by atoms with Gasteiger partial charge < -0.3 is 20.1 Å². The van der Waals surface area contributed by atoms with Gasteiger partial charge in [0, 0.05) is 55.6 Å². The monoisotopic (exact) mass is 458 g/mol. The Morgan fingerprint density at radius 1 is 1.09 bits per heavy atom. The summed E-state index contributed by atoms with van der Waals surface area (Å²) >= 11 is 6.00. The molecule has 0 aliphatic carbocycles. The van der Waals surface area contributed by atoms with Gasteiger partial charge in [-0.15, -0.1) is 0 Å². The first kappa shape index (κ1) is 22.6. The number of H-pyrrole nitrogens is 1. The summed E-state index contributed by atoms with van der Waals surface area (Å²) < 4.78 is 0. The van der Waals surface area contributed by atoms with Gasteiger partial charge in [0.2, 0.25) is 5.91 Å². The Hall–Kier alpha value is -2.58. The Morgan fingerprint density at radius 3 is 2.53 bits per heavy atom. The first-order valence-corrected chi connectivity index (χ1v) is 11.7. The summed E-state index contributed by atoms with van der Waals surface area (Å²) in [5.74, 6) is 0.663. The second-order valence-electron chi connectivity index (χ2n) is 8.54. The van der Waals surface area contributed by atoms with Crippen LogP contribution in [0, 0.1) is 0 Å². The molecule has 172 valence electrons. The molecule has 0 radical (unpaired) electrons. The van der Waals surface area contributed by atoms with Crippen molar-refractivity contribution in [1.29, 1.82) is 0 Å². The molecule has 0 spiro atoms. The first-order valence-electron chi connectivity index (χ1n) is 11.3. The highest BCUT2D eigenvalue weighted by molar-refractivity contribution is 6.30. The first-order chi connectivity index (χ1) is 15.6. The van der Waals surface area contributed by atoms with E-state index in [4.69, 9.17) is 11.6 Å². The Kier molecular flexibility index (Phi) is 7.65. The van der Waals surface area contributed by atoms with Gasteiger partial charge in [0.15, 0.2) is 0 Å². The van der Waals surface area contributed by atoms with Crippen molar-refractivity contribution in [3.8, 4) is 0 Å². The number of piperidine rings is 1. The molecule has 2 aromatic rings. The van der Waals surface area contributed by atoms with Crippen molar-refractivity contribution in [2.24, 2.45) is 0 Å². The lowest BCUT2D eigenvalue weighted by atomic mass is 9.94. The maximum Gasteiger partial charge on any atom is 0.317 e. The topological polar surface area (TPSA) is 84.6 Å². The van der Waals surface area contributed by atoms with E-state index in [9.17, 15) is 9.59 Å². The van der Waals surface area contributed by atoms with Gasteiger partial charge in [0.25, 0.3) is 0 Å². The molecule has 2 fully saturated rings. The molecule has 0 bridgehead atoms. The third kappa shape index (κ3) is 6.01. The van der Waals surface area contributed by atoms with Gasteiger partial charge in [0.1, 0.15) is 0 Å². The predicted molar refractivity (Wildman–Crippen MR) is 124 cm³/mol. The Morgan fingerprint density at radius 2 is 1.84 bits per heavy atom. The van der Waals surface area contributed by atoms with Gasteiger partial charge in [-0.2, -0.15) is 0 Å². The normalized spacial score (nSPS) is 18.0. The fraction of sp³-hybridized carbons (Fsp3) is 0.522.